The Kier molecular flexibility index (Phi) is 7.74. The van der Waals surface area contributed by atoms with Crippen molar-refractivity contribution in [1.29, 1.82) is 0 Å². The summed E-state index contributed by atoms with van der Waals surface area (Å²) in [5.74, 6) is 0. The summed E-state index contributed by atoms with van der Waals surface area (Å²) in [6.45, 7) is -0.659. The van der Waals surface area contributed by atoms with E-state index in [0.717, 1.165) is 0 Å². The van der Waals surface area contributed by atoms with Gasteiger partial charge in [0.2, 0.25) is 0 Å². The average Bonchev–Trinajstić information content (AvgIpc) is 2.17. The molecule has 9 nitrogen and oxygen atoms in total. The fourth-order valence-electron chi connectivity index (χ4n) is 1.40. The molecule has 11 heteroatoms. The van der Waals surface area contributed by atoms with Gasteiger partial charge in [0.1, 0.15) is 24.4 Å². The molecule has 5 atom stereocenters. The first kappa shape index (κ1) is 18.3. The van der Waals surface area contributed by atoms with E-state index in [1.807, 2.05) is 0 Å². The van der Waals surface area contributed by atoms with Gasteiger partial charge >= 0.3 is 10.3 Å². The van der Waals surface area contributed by atoms with Gasteiger partial charge in [0.05, 0.1) is 6.61 Å². The first-order chi connectivity index (χ1) is 7.26. The first-order valence-electron chi connectivity index (χ1n) is 4.31. The second kappa shape index (κ2) is 7.19. The molecule has 17 heavy (non-hydrogen) atoms. The summed E-state index contributed by atoms with van der Waals surface area (Å²) in [7, 11) is -4.66. The van der Waals surface area contributed by atoms with E-state index in [2.05, 4.69) is 4.74 Å². The van der Waals surface area contributed by atoms with Crippen LogP contribution in [-0.2, 0) is 15.0 Å². The van der Waals surface area contributed by atoms with E-state index < -0.39 is 47.6 Å². The maximum absolute atomic E-state index is 10.5. The van der Waals surface area contributed by atoms with E-state index in [4.69, 9.17) is 9.66 Å². The zero-order valence-corrected chi connectivity index (χ0v) is 12.9. The molecule has 1 rings (SSSR count). The minimum atomic E-state index is -4.66. The fraction of sp³-hybridized carbons (Fsp3) is 1.00. The van der Waals surface area contributed by atoms with Crippen molar-refractivity contribution < 1.29 is 38.1 Å². The van der Waals surface area contributed by atoms with Crippen LogP contribution >= 0.6 is 0 Å². The summed E-state index contributed by atoms with van der Waals surface area (Å²) in [5, 5.41) is 36.8. The molecule has 0 amide bonds. The third kappa shape index (κ3) is 5.06. The molecule has 1 heterocycles. The predicted molar refractivity (Wildman–Crippen MR) is 54.2 cm³/mol. The second-order valence-electron chi connectivity index (χ2n) is 3.35. The van der Waals surface area contributed by atoms with Crippen LogP contribution in [0.1, 0.15) is 0 Å². The molecule has 1 radical (unpaired) electrons. The number of rotatable bonds is 3. The molecule has 97 valence electrons. The quantitative estimate of drug-likeness (QED) is 0.226. The molecule has 1 saturated heterocycles. The normalized spacial score (nSPS) is 38.5. The van der Waals surface area contributed by atoms with E-state index >= 15 is 0 Å². The molecule has 1 aliphatic heterocycles. The Hall–Kier alpha value is 1.31. The van der Waals surface area contributed by atoms with Crippen molar-refractivity contribution >= 4 is 61.7 Å². The largest absolute Gasteiger partial charge is 0.394 e. The van der Waals surface area contributed by atoms with Crippen LogP contribution in [0.4, 0.5) is 0 Å². The summed E-state index contributed by atoms with van der Waals surface area (Å²) >= 11 is 0. The van der Waals surface area contributed by atoms with Gasteiger partial charge in [0.25, 0.3) is 0 Å². The Labute approximate surface area is 140 Å². The van der Waals surface area contributed by atoms with Crippen LogP contribution < -0.4 is 4.72 Å². The topological polar surface area (TPSA) is 157 Å². The molecule has 6 N–H and O–H groups in total. The zero-order valence-electron chi connectivity index (χ0n) is 8.96. The van der Waals surface area contributed by atoms with E-state index in [1.165, 1.54) is 4.72 Å². The summed E-state index contributed by atoms with van der Waals surface area (Å²) in [6, 6.07) is -1.62. The average molecular weight is 298 g/mol. The van der Waals surface area contributed by atoms with Gasteiger partial charge in [-0.1, -0.05) is 0 Å². The molecule has 0 aliphatic carbocycles. The summed E-state index contributed by atoms with van der Waals surface area (Å²) in [4.78, 5) is 0. The van der Waals surface area contributed by atoms with Gasteiger partial charge in [0.15, 0.2) is 6.29 Å². The van der Waals surface area contributed by atoms with Crippen molar-refractivity contribution in [2.24, 2.45) is 0 Å². The summed E-state index contributed by atoms with van der Waals surface area (Å²) in [6.07, 6.45) is -6.34. The van der Waals surface area contributed by atoms with E-state index in [1.54, 1.807) is 0 Å². The SMILES string of the molecule is O=S(=O)(O)N[C@H]1C(O)O[C@H](CO)[C@@H](O)[C@@H]1O.[K]. The molecule has 0 saturated carbocycles. The van der Waals surface area contributed by atoms with Crippen molar-refractivity contribution in [3.05, 3.63) is 0 Å². The molecular weight excluding hydrogens is 285 g/mol. The third-order valence-electron chi connectivity index (χ3n) is 2.19. The van der Waals surface area contributed by atoms with Gasteiger partial charge in [-0.3, -0.25) is 4.55 Å². The van der Waals surface area contributed by atoms with Gasteiger partial charge in [-0.25, -0.2) is 0 Å². The standard InChI is InChI=1S/C6H13NO8S.K/c8-1-2-4(9)5(10)3(6(11)15-2)7-16(12,13)14;/h2-11H,1H2,(H,12,13,14);/t2-,3-,4-,5-,6?;/m1./s1. The minimum Gasteiger partial charge on any atom is -0.394 e. The molecule has 1 aliphatic rings. The third-order valence-corrected chi connectivity index (χ3v) is 2.76. The number of hydrogen-bond donors (Lipinski definition) is 6. The van der Waals surface area contributed by atoms with Crippen molar-refractivity contribution in [2.45, 2.75) is 30.6 Å². The smallest absolute Gasteiger partial charge is 0.333 e. The molecule has 0 aromatic heterocycles. The second-order valence-corrected chi connectivity index (χ2v) is 4.53. The Morgan fingerprint density at radius 1 is 1.18 bits per heavy atom. The van der Waals surface area contributed by atoms with E-state index in [9.17, 15) is 23.7 Å². The Balaban J connectivity index is 0.00000256. The summed E-state index contributed by atoms with van der Waals surface area (Å²) < 4.78 is 35.6. The number of ether oxygens (including phenoxy) is 1. The van der Waals surface area contributed by atoms with Gasteiger partial charge in [-0.2, -0.15) is 13.1 Å². The van der Waals surface area contributed by atoms with Gasteiger partial charge in [-0.05, 0) is 0 Å². The predicted octanol–water partition coefficient (Wildman–Crippen LogP) is -4.20. The fourth-order valence-corrected chi connectivity index (χ4v) is 2.00. The molecule has 0 spiro atoms. The van der Waals surface area contributed by atoms with E-state index in [-0.39, 0.29) is 51.4 Å². The molecule has 0 aromatic carbocycles. The van der Waals surface area contributed by atoms with Crippen LogP contribution in [0.5, 0.6) is 0 Å². The maximum Gasteiger partial charge on any atom is 0.333 e. The number of nitrogens with one attached hydrogen (secondary N) is 1. The van der Waals surface area contributed by atoms with Crippen LogP contribution in [0.15, 0.2) is 0 Å². The monoisotopic (exact) mass is 298 g/mol. The van der Waals surface area contributed by atoms with Gasteiger partial charge in [-0.15, -0.1) is 0 Å². The number of hydrogen-bond acceptors (Lipinski definition) is 7. The summed E-state index contributed by atoms with van der Waals surface area (Å²) in [5.41, 5.74) is 0. The van der Waals surface area contributed by atoms with Crippen LogP contribution in [0.3, 0.4) is 0 Å². The van der Waals surface area contributed by atoms with E-state index in [0.29, 0.717) is 0 Å². The number of aliphatic hydroxyl groups excluding tert-OH is 4. The Bertz CT molecular complexity index is 337. The molecule has 0 aromatic rings. The van der Waals surface area contributed by atoms with Crippen molar-refractivity contribution in [2.75, 3.05) is 6.61 Å². The Morgan fingerprint density at radius 3 is 2.12 bits per heavy atom. The van der Waals surface area contributed by atoms with Crippen LogP contribution in [0.25, 0.3) is 0 Å². The molecule has 1 unspecified atom stereocenters. The van der Waals surface area contributed by atoms with Crippen molar-refractivity contribution in [1.82, 2.24) is 4.72 Å². The zero-order chi connectivity index (χ0) is 12.5. The first-order valence-corrected chi connectivity index (χ1v) is 5.75. The molecule has 0 bridgehead atoms. The van der Waals surface area contributed by atoms with Gasteiger partial charge < -0.3 is 25.2 Å². The molecule has 1 fully saturated rings. The van der Waals surface area contributed by atoms with Gasteiger partial charge in [0, 0.05) is 51.4 Å². The molecular formula is C6H13KNO8S. The maximum atomic E-state index is 10.5. The van der Waals surface area contributed by atoms with Crippen LogP contribution in [0, 0.1) is 0 Å². The van der Waals surface area contributed by atoms with Crippen molar-refractivity contribution in [3.63, 3.8) is 0 Å². The van der Waals surface area contributed by atoms with Crippen molar-refractivity contribution in [3.8, 4) is 0 Å². The van der Waals surface area contributed by atoms with Crippen LogP contribution in [-0.4, -0.2) is 122 Å². The van der Waals surface area contributed by atoms with Crippen LogP contribution in [0.2, 0.25) is 0 Å². The Morgan fingerprint density at radius 2 is 1.71 bits per heavy atom. The minimum absolute atomic E-state index is 0. The number of aliphatic hydroxyl groups is 4.